The van der Waals surface area contributed by atoms with E-state index < -0.39 is 5.97 Å². The molecule has 0 aliphatic rings. The lowest BCUT2D eigenvalue weighted by atomic mass is 10.1. The average molecular weight is 338 g/mol. The standard InChI is InChI=1S/C19H18N2O4/c1-3-23-16-10-5-4-9-15(16)18-20-17(25-21-18)12-24-19(22)14-8-6-7-13(2)11-14/h4-11H,3,12H2,1-2H3. The summed E-state index contributed by atoms with van der Waals surface area (Å²) in [4.78, 5) is 16.3. The molecule has 6 heteroatoms. The molecule has 25 heavy (non-hydrogen) atoms. The van der Waals surface area contributed by atoms with Gasteiger partial charge >= 0.3 is 5.97 Å². The first-order valence-electron chi connectivity index (χ1n) is 7.96. The number of para-hydroxylation sites is 1. The highest BCUT2D eigenvalue weighted by atomic mass is 16.6. The average Bonchev–Trinajstić information content (AvgIpc) is 3.09. The van der Waals surface area contributed by atoms with Gasteiger partial charge in [-0.25, -0.2) is 4.79 Å². The highest BCUT2D eigenvalue weighted by Crippen LogP contribution is 2.27. The van der Waals surface area contributed by atoms with Crippen molar-refractivity contribution in [1.82, 2.24) is 10.1 Å². The topological polar surface area (TPSA) is 74.5 Å². The van der Waals surface area contributed by atoms with Crippen LogP contribution in [0.5, 0.6) is 5.75 Å². The van der Waals surface area contributed by atoms with Gasteiger partial charge in [-0.3, -0.25) is 0 Å². The molecule has 0 saturated heterocycles. The molecular weight excluding hydrogens is 320 g/mol. The number of aryl methyl sites for hydroxylation is 1. The summed E-state index contributed by atoms with van der Waals surface area (Å²) in [6, 6.07) is 14.6. The Morgan fingerprint density at radius 2 is 2.00 bits per heavy atom. The van der Waals surface area contributed by atoms with Crippen molar-refractivity contribution in [3.8, 4) is 17.1 Å². The zero-order valence-electron chi connectivity index (χ0n) is 14.1. The summed E-state index contributed by atoms with van der Waals surface area (Å²) in [5, 5.41) is 3.94. The number of ether oxygens (including phenoxy) is 2. The van der Waals surface area contributed by atoms with Gasteiger partial charge in [0, 0.05) is 0 Å². The Morgan fingerprint density at radius 1 is 1.16 bits per heavy atom. The summed E-state index contributed by atoms with van der Waals surface area (Å²) in [6.45, 7) is 4.27. The van der Waals surface area contributed by atoms with Gasteiger partial charge in [0.1, 0.15) is 5.75 Å². The van der Waals surface area contributed by atoms with E-state index in [1.54, 1.807) is 18.2 Å². The van der Waals surface area contributed by atoms with E-state index >= 15 is 0 Å². The molecule has 3 aromatic rings. The first-order chi connectivity index (χ1) is 12.2. The van der Waals surface area contributed by atoms with Gasteiger partial charge in [0.2, 0.25) is 5.82 Å². The lowest BCUT2D eigenvalue weighted by Crippen LogP contribution is -2.05. The molecule has 0 saturated carbocycles. The van der Waals surface area contributed by atoms with Gasteiger partial charge in [-0.15, -0.1) is 0 Å². The minimum atomic E-state index is -0.432. The number of hydrogen-bond donors (Lipinski definition) is 0. The monoisotopic (exact) mass is 338 g/mol. The predicted molar refractivity (Wildman–Crippen MR) is 91.2 cm³/mol. The molecule has 3 rings (SSSR count). The quantitative estimate of drug-likeness (QED) is 0.636. The molecule has 128 valence electrons. The molecule has 0 unspecified atom stereocenters. The lowest BCUT2D eigenvalue weighted by Gasteiger charge is -2.06. The Kier molecular flexibility index (Phi) is 5.09. The normalized spacial score (nSPS) is 10.5. The maximum Gasteiger partial charge on any atom is 0.338 e. The van der Waals surface area contributed by atoms with Crippen LogP contribution in [0, 0.1) is 6.92 Å². The molecule has 2 aromatic carbocycles. The van der Waals surface area contributed by atoms with Gasteiger partial charge in [0.05, 0.1) is 17.7 Å². The molecule has 0 aliphatic heterocycles. The SMILES string of the molecule is CCOc1ccccc1-c1noc(COC(=O)c2cccc(C)c2)n1. The summed E-state index contributed by atoms with van der Waals surface area (Å²) in [7, 11) is 0. The lowest BCUT2D eigenvalue weighted by molar-refractivity contribution is 0.0429. The fourth-order valence-corrected chi connectivity index (χ4v) is 2.34. The molecule has 0 N–H and O–H groups in total. The van der Waals surface area contributed by atoms with Crippen LogP contribution in [-0.4, -0.2) is 22.7 Å². The zero-order chi connectivity index (χ0) is 17.6. The molecular formula is C19H18N2O4. The van der Waals surface area contributed by atoms with Crippen LogP contribution in [0.3, 0.4) is 0 Å². The van der Waals surface area contributed by atoms with Gasteiger partial charge in [0.15, 0.2) is 6.61 Å². The third-order valence-corrected chi connectivity index (χ3v) is 3.48. The van der Waals surface area contributed by atoms with Gasteiger partial charge in [0.25, 0.3) is 5.89 Å². The third-order valence-electron chi connectivity index (χ3n) is 3.48. The molecule has 0 radical (unpaired) electrons. The maximum absolute atomic E-state index is 12.1. The smallest absolute Gasteiger partial charge is 0.338 e. The molecule has 1 aromatic heterocycles. The summed E-state index contributed by atoms with van der Waals surface area (Å²) in [5.41, 5.74) is 2.20. The molecule has 1 heterocycles. The number of nitrogens with zero attached hydrogens (tertiary/aromatic N) is 2. The molecule has 0 amide bonds. The summed E-state index contributed by atoms with van der Waals surface area (Å²) >= 11 is 0. The van der Waals surface area contributed by atoms with E-state index in [2.05, 4.69) is 10.1 Å². The second-order valence-electron chi connectivity index (χ2n) is 5.39. The van der Waals surface area contributed by atoms with Gasteiger partial charge < -0.3 is 14.0 Å². The van der Waals surface area contributed by atoms with E-state index in [0.717, 1.165) is 11.1 Å². The second kappa shape index (κ2) is 7.61. The summed E-state index contributed by atoms with van der Waals surface area (Å²) < 4.78 is 16.0. The van der Waals surface area contributed by atoms with Gasteiger partial charge in [-0.1, -0.05) is 35.0 Å². The van der Waals surface area contributed by atoms with Crippen molar-refractivity contribution in [1.29, 1.82) is 0 Å². The number of carbonyl (C=O) groups excluding carboxylic acids is 1. The highest BCUT2D eigenvalue weighted by molar-refractivity contribution is 5.89. The van der Waals surface area contributed by atoms with Crippen molar-refractivity contribution in [2.45, 2.75) is 20.5 Å². The van der Waals surface area contributed by atoms with E-state index in [1.807, 2.05) is 44.2 Å². The van der Waals surface area contributed by atoms with Crippen LogP contribution in [0.25, 0.3) is 11.4 Å². The number of aromatic nitrogens is 2. The summed E-state index contributed by atoms with van der Waals surface area (Å²) in [6.07, 6.45) is 0. The van der Waals surface area contributed by atoms with E-state index in [-0.39, 0.29) is 12.5 Å². The largest absolute Gasteiger partial charge is 0.493 e. The fourth-order valence-electron chi connectivity index (χ4n) is 2.34. The first-order valence-corrected chi connectivity index (χ1v) is 7.96. The number of hydrogen-bond acceptors (Lipinski definition) is 6. The van der Waals surface area contributed by atoms with Crippen molar-refractivity contribution < 1.29 is 18.8 Å². The number of esters is 1. The van der Waals surface area contributed by atoms with Crippen molar-refractivity contribution in [2.75, 3.05) is 6.61 Å². The Labute approximate surface area is 145 Å². The predicted octanol–water partition coefficient (Wildman–Crippen LogP) is 3.80. The van der Waals surface area contributed by atoms with Crippen LogP contribution < -0.4 is 4.74 Å². The fraction of sp³-hybridized carbons (Fsp3) is 0.211. The van der Waals surface area contributed by atoms with E-state index in [9.17, 15) is 4.79 Å². The van der Waals surface area contributed by atoms with E-state index in [4.69, 9.17) is 14.0 Å². The molecule has 0 spiro atoms. The Morgan fingerprint density at radius 3 is 2.80 bits per heavy atom. The van der Waals surface area contributed by atoms with Crippen molar-refractivity contribution >= 4 is 5.97 Å². The second-order valence-corrected chi connectivity index (χ2v) is 5.39. The number of rotatable bonds is 6. The summed E-state index contributed by atoms with van der Waals surface area (Å²) in [5.74, 6) is 0.861. The van der Waals surface area contributed by atoms with E-state index in [0.29, 0.717) is 23.7 Å². The Balaban J connectivity index is 1.69. The van der Waals surface area contributed by atoms with Crippen molar-refractivity contribution in [3.05, 3.63) is 65.5 Å². The molecule has 6 nitrogen and oxygen atoms in total. The van der Waals surface area contributed by atoms with Crippen LogP contribution in [0.2, 0.25) is 0 Å². The van der Waals surface area contributed by atoms with Crippen molar-refractivity contribution in [2.24, 2.45) is 0 Å². The minimum Gasteiger partial charge on any atom is -0.493 e. The molecule has 0 atom stereocenters. The minimum absolute atomic E-state index is 0.0867. The Hall–Kier alpha value is -3.15. The van der Waals surface area contributed by atoms with E-state index in [1.165, 1.54) is 0 Å². The van der Waals surface area contributed by atoms with Crippen LogP contribution >= 0.6 is 0 Å². The number of benzene rings is 2. The van der Waals surface area contributed by atoms with Crippen LogP contribution in [0.1, 0.15) is 28.7 Å². The van der Waals surface area contributed by atoms with Gasteiger partial charge in [-0.05, 0) is 38.1 Å². The van der Waals surface area contributed by atoms with Crippen molar-refractivity contribution in [3.63, 3.8) is 0 Å². The van der Waals surface area contributed by atoms with Gasteiger partial charge in [-0.2, -0.15) is 4.98 Å². The highest BCUT2D eigenvalue weighted by Gasteiger charge is 2.15. The Bertz CT molecular complexity index is 873. The molecule has 0 fully saturated rings. The third kappa shape index (κ3) is 4.03. The number of carbonyl (C=O) groups is 1. The molecule has 0 aliphatic carbocycles. The molecule has 0 bridgehead atoms. The van der Waals surface area contributed by atoms with Crippen LogP contribution in [-0.2, 0) is 11.3 Å². The van der Waals surface area contributed by atoms with Crippen LogP contribution in [0.4, 0.5) is 0 Å². The first kappa shape index (κ1) is 16.7. The maximum atomic E-state index is 12.1. The van der Waals surface area contributed by atoms with Crippen LogP contribution in [0.15, 0.2) is 53.1 Å². The zero-order valence-corrected chi connectivity index (χ0v) is 14.1.